The van der Waals surface area contributed by atoms with Gasteiger partial charge in [0.2, 0.25) is 5.91 Å². The van der Waals surface area contributed by atoms with Gasteiger partial charge in [0.15, 0.2) is 0 Å². The van der Waals surface area contributed by atoms with Crippen LogP contribution in [-0.4, -0.2) is 16.8 Å². The number of carbonyl (C=O) groups excluding carboxylic acids is 1. The Bertz CT molecular complexity index is 631. The van der Waals surface area contributed by atoms with Gasteiger partial charge in [-0.2, -0.15) is 0 Å². The average Bonchev–Trinajstić information content (AvgIpc) is 2.40. The minimum atomic E-state index is -0.0660. The normalized spacial score (nSPS) is 10.3. The molecular formula is C15H14BrNO2S. The zero-order valence-corrected chi connectivity index (χ0v) is 13.3. The summed E-state index contributed by atoms with van der Waals surface area (Å²) in [7, 11) is 0. The van der Waals surface area contributed by atoms with Crippen LogP contribution < -0.4 is 5.32 Å². The van der Waals surface area contributed by atoms with Gasteiger partial charge >= 0.3 is 0 Å². The number of amides is 1. The first-order chi connectivity index (χ1) is 9.54. The second-order valence-corrected chi connectivity index (χ2v) is 6.26. The SMILES string of the molecule is Cc1cc(Br)ccc1NC(=O)CSc1cccc(O)c1. The van der Waals surface area contributed by atoms with Crippen LogP contribution in [0.5, 0.6) is 5.75 Å². The smallest absolute Gasteiger partial charge is 0.234 e. The van der Waals surface area contributed by atoms with E-state index in [9.17, 15) is 9.90 Å². The van der Waals surface area contributed by atoms with Crippen molar-refractivity contribution in [3.05, 3.63) is 52.5 Å². The number of hydrogen-bond acceptors (Lipinski definition) is 3. The molecule has 0 aliphatic rings. The highest BCUT2D eigenvalue weighted by atomic mass is 79.9. The largest absolute Gasteiger partial charge is 0.508 e. The van der Waals surface area contributed by atoms with Gasteiger partial charge in [0.05, 0.1) is 5.75 Å². The number of aryl methyl sites for hydroxylation is 1. The summed E-state index contributed by atoms with van der Waals surface area (Å²) in [6.07, 6.45) is 0. The van der Waals surface area contributed by atoms with E-state index in [0.29, 0.717) is 5.75 Å². The van der Waals surface area contributed by atoms with Gasteiger partial charge < -0.3 is 10.4 Å². The minimum Gasteiger partial charge on any atom is -0.508 e. The Hall–Kier alpha value is -1.46. The van der Waals surface area contributed by atoms with Crippen LogP contribution in [0.2, 0.25) is 0 Å². The molecule has 0 aromatic heterocycles. The number of halogens is 1. The molecule has 20 heavy (non-hydrogen) atoms. The number of thioether (sulfide) groups is 1. The van der Waals surface area contributed by atoms with Crippen LogP contribution in [0.25, 0.3) is 0 Å². The third kappa shape index (κ3) is 4.28. The number of aromatic hydroxyl groups is 1. The summed E-state index contributed by atoms with van der Waals surface area (Å²) in [5.74, 6) is 0.446. The quantitative estimate of drug-likeness (QED) is 0.811. The third-order valence-corrected chi connectivity index (χ3v) is 4.14. The van der Waals surface area contributed by atoms with Gasteiger partial charge in [-0.15, -0.1) is 11.8 Å². The Morgan fingerprint density at radius 3 is 2.80 bits per heavy atom. The first kappa shape index (κ1) is 14.9. The van der Waals surface area contributed by atoms with Crippen LogP contribution in [-0.2, 0) is 4.79 Å². The molecule has 0 radical (unpaired) electrons. The highest BCUT2D eigenvalue weighted by Crippen LogP contribution is 2.23. The van der Waals surface area contributed by atoms with Crippen molar-refractivity contribution in [3.8, 4) is 5.75 Å². The van der Waals surface area contributed by atoms with Crippen molar-refractivity contribution in [1.82, 2.24) is 0 Å². The first-order valence-electron chi connectivity index (χ1n) is 6.02. The van der Waals surface area contributed by atoms with Crippen molar-refractivity contribution >= 4 is 39.3 Å². The van der Waals surface area contributed by atoms with Crippen molar-refractivity contribution in [1.29, 1.82) is 0 Å². The molecule has 1 amide bonds. The molecule has 2 rings (SSSR count). The van der Waals surface area contributed by atoms with Crippen LogP contribution in [0.1, 0.15) is 5.56 Å². The second-order valence-electron chi connectivity index (χ2n) is 4.29. The number of benzene rings is 2. The van der Waals surface area contributed by atoms with Crippen molar-refractivity contribution in [2.75, 3.05) is 11.1 Å². The third-order valence-electron chi connectivity index (χ3n) is 2.65. The van der Waals surface area contributed by atoms with Crippen molar-refractivity contribution < 1.29 is 9.90 Å². The average molecular weight is 352 g/mol. The lowest BCUT2D eigenvalue weighted by Gasteiger charge is -2.08. The first-order valence-corrected chi connectivity index (χ1v) is 7.80. The number of nitrogens with one attached hydrogen (secondary N) is 1. The lowest BCUT2D eigenvalue weighted by molar-refractivity contribution is -0.113. The van der Waals surface area contributed by atoms with Crippen LogP contribution in [0.3, 0.4) is 0 Å². The maximum atomic E-state index is 11.9. The zero-order chi connectivity index (χ0) is 14.5. The van der Waals surface area contributed by atoms with Crippen molar-refractivity contribution in [2.24, 2.45) is 0 Å². The summed E-state index contributed by atoms with van der Waals surface area (Å²) in [4.78, 5) is 12.8. The maximum absolute atomic E-state index is 11.9. The van der Waals surface area contributed by atoms with E-state index in [0.717, 1.165) is 20.6 Å². The molecule has 104 valence electrons. The van der Waals surface area contributed by atoms with Crippen LogP contribution in [0.4, 0.5) is 5.69 Å². The fourth-order valence-corrected chi connectivity index (χ4v) is 2.90. The Morgan fingerprint density at radius 2 is 2.10 bits per heavy atom. The lowest BCUT2D eigenvalue weighted by Crippen LogP contribution is -2.14. The summed E-state index contributed by atoms with van der Waals surface area (Å²) in [5, 5.41) is 12.2. The molecule has 0 heterocycles. The fourth-order valence-electron chi connectivity index (χ4n) is 1.68. The summed E-state index contributed by atoms with van der Waals surface area (Å²) in [5.41, 5.74) is 1.82. The van der Waals surface area contributed by atoms with Crippen LogP contribution >= 0.6 is 27.7 Å². The molecule has 5 heteroatoms. The number of anilines is 1. The summed E-state index contributed by atoms with van der Waals surface area (Å²) < 4.78 is 0.988. The molecule has 0 atom stereocenters. The van der Waals surface area contributed by atoms with Gasteiger partial charge in [-0.1, -0.05) is 22.0 Å². The molecule has 0 aliphatic heterocycles. The van der Waals surface area contributed by atoms with Crippen LogP contribution in [0, 0.1) is 6.92 Å². The lowest BCUT2D eigenvalue weighted by atomic mass is 10.2. The van der Waals surface area contributed by atoms with E-state index in [4.69, 9.17) is 0 Å². The molecule has 0 aliphatic carbocycles. The van der Waals surface area contributed by atoms with Crippen molar-refractivity contribution in [3.63, 3.8) is 0 Å². The number of hydrogen-bond donors (Lipinski definition) is 2. The van der Waals surface area contributed by atoms with Crippen LogP contribution in [0.15, 0.2) is 51.8 Å². The highest BCUT2D eigenvalue weighted by Gasteiger charge is 2.06. The Balaban J connectivity index is 1.92. The monoisotopic (exact) mass is 351 g/mol. The number of phenolic OH excluding ortho intramolecular Hbond substituents is 1. The molecule has 0 bridgehead atoms. The van der Waals surface area contributed by atoms with Gasteiger partial charge in [-0.3, -0.25) is 4.79 Å². The van der Waals surface area contributed by atoms with Gasteiger partial charge in [0, 0.05) is 15.1 Å². The molecule has 0 fully saturated rings. The number of rotatable bonds is 4. The van der Waals surface area contributed by atoms with Gasteiger partial charge in [0.1, 0.15) is 5.75 Å². The van der Waals surface area contributed by atoms with Gasteiger partial charge in [0.25, 0.3) is 0 Å². The Morgan fingerprint density at radius 1 is 1.30 bits per heavy atom. The van der Waals surface area contributed by atoms with E-state index in [-0.39, 0.29) is 11.7 Å². The van der Waals surface area contributed by atoms with E-state index >= 15 is 0 Å². The molecule has 0 saturated heterocycles. The highest BCUT2D eigenvalue weighted by molar-refractivity contribution is 9.10. The Labute approximate surface area is 130 Å². The van der Waals surface area contributed by atoms with E-state index in [1.807, 2.05) is 31.2 Å². The van der Waals surface area contributed by atoms with E-state index in [2.05, 4.69) is 21.2 Å². The van der Waals surface area contributed by atoms with Gasteiger partial charge in [-0.05, 0) is 48.9 Å². The van der Waals surface area contributed by atoms with E-state index < -0.39 is 0 Å². The van der Waals surface area contributed by atoms with E-state index in [1.165, 1.54) is 11.8 Å². The molecule has 0 unspecified atom stereocenters. The van der Waals surface area contributed by atoms with Crippen molar-refractivity contribution in [2.45, 2.75) is 11.8 Å². The molecule has 0 spiro atoms. The predicted octanol–water partition coefficient (Wildman–Crippen LogP) is 4.19. The minimum absolute atomic E-state index is 0.0660. The topological polar surface area (TPSA) is 49.3 Å². The predicted molar refractivity (Wildman–Crippen MR) is 86.3 cm³/mol. The fraction of sp³-hybridized carbons (Fsp3) is 0.133. The molecular weight excluding hydrogens is 338 g/mol. The molecule has 2 aromatic carbocycles. The molecule has 2 N–H and O–H groups in total. The van der Waals surface area contributed by atoms with E-state index in [1.54, 1.807) is 18.2 Å². The standard InChI is InChI=1S/C15H14BrNO2S/c1-10-7-11(16)5-6-14(10)17-15(19)9-20-13-4-2-3-12(18)8-13/h2-8,18H,9H2,1H3,(H,17,19). The summed E-state index contributed by atoms with van der Waals surface area (Å²) in [6.45, 7) is 1.95. The Kier molecular flexibility index (Phi) is 5.09. The number of phenols is 1. The zero-order valence-electron chi connectivity index (χ0n) is 10.9. The maximum Gasteiger partial charge on any atom is 0.234 e. The number of carbonyl (C=O) groups is 1. The molecule has 2 aromatic rings. The molecule has 0 saturated carbocycles. The molecule has 3 nitrogen and oxygen atoms in total. The second kappa shape index (κ2) is 6.81. The summed E-state index contributed by atoms with van der Waals surface area (Å²) in [6, 6.07) is 12.6. The summed E-state index contributed by atoms with van der Waals surface area (Å²) >= 11 is 4.78. The van der Waals surface area contributed by atoms with Gasteiger partial charge in [-0.25, -0.2) is 0 Å².